The minimum atomic E-state index is -4.18. The summed E-state index contributed by atoms with van der Waals surface area (Å²) >= 11 is 6.76. The number of hydrogen-bond acceptors (Lipinski definition) is 6. The van der Waals surface area contributed by atoms with Gasteiger partial charge in [0.15, 0.2) is 5.13 Å². The largest absolute Gasteiger partial charge is 0.312 e. The van der Waals surface area contributed by atoms with Gasteiger partial charge in [0.05, 0.1) is 17.8 Å². The first-order valence-electron chi connectivity index (χ1n) is 9.96. The van der Waals surface area contributed by atoms with Crippen molar-refractivity contribution in [3.05, 3.63) is 69.6 Å². The van der Waals surface area contributed by atoms with Gasteiger partial charge in [0.2, 0.25) is 0 Å². The van der Waals surface area contributed by atoms with E-state index in [2.05, 4.69) is 32.3 Å². The number of anilines is 1. The number of hydrogen-bond donors (Lipinski definition) is 2. The van der Waals surface area contributed by atoms with Crippen LogP contribution < -0.4 is 10.0 Å². The van der Waals surface area contributed by atoms with E-state index in [9.17, 15) is 12.8 Å². The third kappa shape index (κ3) is 3.88. The zero-order chi connectivity index (χ0) is 22.5. The molecule has 5 rings (SSSR count). The van der Waals surface area contributed by atoms with Crippen LogP contribution in [0.1, 0.15) is 29.7 Å². The normalized spacial score (nSPS) is 15.0. The van der Waals surface area contributed by atoms with Crippen molar-refractivity contribution in [2.24, 2.45) is 0 Å². The molecule has 4 aromatic rings. The molecule has 1 atom stereocenters. The third-order valence-electron chi connectivity index (χ3n) is 5.59. The van der Waals surface area contributed by atoms with Crippen molar-refractivity contribution in [3.8, 4) is 0 Å². The van der Waals surface area contributed by atoms with Crippen LogP contribution in [0.15, 0.2) is 47.6 Å². The van der Waals surface area contributed by atoms with E-state index in [-0.39, 0.29) is 11.2 Å². The van der Waals surface area contributed by atoms with Crippen LogP contribution in [0, 0.1) is 5.82 Å². The monoisotopic (exact) mass is 491 g/mol. The summed E-state index contributed by atoms with van der Waals surface area (Å²) in [5, 5.41) is 8.52. The highest BCUT2D eigenvalue weighted by Crippen LogP contribution is 2.30. The molecule has 1 aliphatic heterocycles. The molecule has 0 fully saturated rings. The quantitative estimate of drug-likeness (QED) is 0.433. The topological polar surface area (TPSA) is 88.9 Å². The predicted octanol–water partition coefficient (Wildman–Crippen LogP) is 4.34. The van der Waals surface area contributed by atoms with Gasteiger partial charge in [-0.1, -0.05) is 41.1 Å². The lowest BCUT2D eigenvalue weighted by Crippen LogP contribution is -2.26. The Kier molecular flexibility index (Phi) is 5.40. The molecule has 7 nitrogen and oxygen atoms in total. The Hall–Kier alpha value is -2.53. The van der Waals surface area contributed by atoms with Crippen LogP contribution in [0.5, 0.6) is 0 Å². The van der Waals surface area contributed by atoms with E-state index in [4.69, 9.17) is 11.6 Å². The second-order valence-corrected chi connectivity index (χ2v) is 10.9. The van der Waals surface area contributed by atoms with Crippen LogP contribution in [0.25, 0.3) is 10.9 Å². The van der Waals surface area contributed by atoms with E-state index in [1.807, 2.05) is 13.0 Å². The van der Waals surface area contributed by atoms with Crippen LogP contribution in [0.3, 0.4) is 0 Å². The van der Waals surface area contributed by atoms with Gasteiger partial charge < -0.3 is 5.32 Å². The molecule has 2 N–H and O–H groups in total. The molecule has 0 unspecified atom stereocenters. The van der Waals surface area contributed by atoms with Crippen molar-refractivity contribution < 1.29 is 12.8 Å². The Bertz CT molecular complexity index is 1430. The highest BCUT2D eigenvalue weighted by atomic mass is 35.5. The van der Waals surface area contributed by atoms with Gasteiger partial charge in [0.25, 0.3) is 10.0 Å². The smallest absolute Gasteiger partial charge is 0.266 e. The summed E-state index contributed by atoms with van der Waals surface area (Å²) < 4.78 is 44.6. The van der Waals surface area contributed by atoms with Crippen LogP contribution in [0.4, 0.5) is 9.52 Å². The number of nitrogens with one attached hydrogen (secondary N) is 2. The molecule has 0 radical (unpaired) electrons. The average molecular weight is 492 g/mol. The second-order valence-electron chi connectivity index (χ2n) is 7.61. The van der Waals surface area contributed by atoms with Crippen LogP contribution >= 0.6 is 22.9 Å². The zero-order valence-corrected chi connectivity index (χ0v) is 19.4. The summed E-state index contributed by atoms with van der Waals surface area (Å²) in [4.78, 5) is 3.40. The molecule has 0 spiro atoms. The lowest BCUT2D eigenvalue weighted by molar-refractivity contribution is 0.551. The summed E-state index contributed by atoms with van der Waals surface area (Å²) in [6.45, 7) is 3.77. The second kappa shape index (κ2) is 8.11. The minimum Gasteiger partial charge on any atom is -0.312 e. The number of benzene rings is 2. The van der Waals surface area contributed by atoms with Crippen molar-refractivity contribution >= 4 is 49.0 Å². The van der Waals surface area contributed by atoms with E-state index >= 15 is 0 Å². The molecule has 2 aromatic carbocycles. The van der Waals surface area contributed by atoms with Gasteiger partial charge in [-0.3, -0.25) is 9.40 Å². The van der Waals surface area contributed by atoms with Crippen molar-refractivity contribution in [1.29, 1.82) is 0 Å². The Labute approximate surface area is 193 Å². The van der Waals surface area contributed by atoms with Crippen molar-refractivity contribution in [3.63, 3.8) is 0 Å². The fraction of sp³-hybridized carbons (Fsp3) is 0.238. The van der Waals surface area contributed by atoms with Crippen molar-refractivity contribution in [2.45, 2.75) is 30.8 Å². The molecule has 0 bridgehead atoms. The van der Waals surface area contributed by atoms with E-state index in [0.717, 1.165) is 42.5 Å². The molecular weight excluding hydrogens is 473 g/mol. The predicted molar refractivity (Wildman–Crippen MR) is 123 cm³/mol. The van der Waals surface area contributed by atoms with Gasteiger partial charge >= 0.3 is 0 Å². The number of sulfonamides is 1. The van der Waals surface area contributed by atoms with Gasteiger partial charge in [0, 0.05) is 24.2 Å². The minimum absolute atomic E-state index is 0.0706. The molecule has 3 heterocycles. The summed E-state index contributed by atoms with van der Waals surface area (Å²) in [6.07, 6.45) is 4.04. The number of fused-ring (bicyclic) bond motifs is 2. The molecule has 0 saturated carbocycles. The number of rotatable bonds is 5. The highest BCUT2D eigenvalue weighted by molar-refractivity contribution is 7.93. The summed E-state index contributed by atoms with van der Waals surface area (Å²) in [5.74, 6) is -0.883. The highest BCUT2D eigenvalue weighted by Gasteiger charge is 2.24. The van der Waals surface area contributed by atoms with Gasteiger partial charge in [0.1, 0.15) is 15.0 Å². The molecule has 32 heavy (non-hydrogen) atoms. The molecule has 2 aromatic heterocycles. The molecule has 1 aliphatic rings. The Morgan fingerprint density at radius 2 is 2.19 bits per heavy atom. The van der Waals surface area contributed by atoms with Crippen LogP contribution in [0.2, 0.25) is 4.34 Å². The van der Waals surface area contributed by atoms with Gasteiger partial charge in [-0.05, 0) is 42.6 Å². The molecule has 166 valence electrons. The van der Waals surface area contributed by atoms with E-state index in [1.54, 1.807) is 10.9 Å². The van der Waals surface area contributed by atoms with E-state index < -0.39 is 20.7 Å². The first-order valence-corrected chi connectivity index (χ1v) is 12.6. The van der Waals surface area contributed by atoms with Crippen LogP contribution in [-0.2, 0) is 23.0 Å². The number of nitrogens with zero attached hydrogens (tertiary/aromatic N) is 3. The number of thiazole rings is 1. The standard InChI is InChI=1S/C21H19ClFN5O2S2/c1-12(15-4-2-3-13-5-6-24-9-16(13)15)28-11-14-7-19(17(23)8-18(14)26-28)32(29,30)27-21-25-10-20(22)31-21/h2-4,7-8,10-12,24H,5-6,9H2,1H3,(H,25,27)/t12-/m1/s1. The molecular formula is C21H19ClFN5O2S2. The molecule has 11 heteroatoms. The van der Waals surface area contributed by atoms with E-state index in [0.29, 0.717) is 15.2 Å². The number of aromatic nitrogens is 3. The van der Waals surface area contributed by atoms with Crippen molar-refractivity contribution in [2.75, 3.05) is 11.3 Å². The summed E-state index contributed by atoms with van der Waals surface area (Å²) in [7, 11) is -4.18. The first-order chi connectivity index (χ1) is 15.3. The Balaban J connectivity index is 1.51. The molecule has 0 aliphatic carbocycles. The zero-order valence-electron chi connectivity index (χ0n) is 17.0. The summed E-state index contributed by atoms with van der Waals surface area (Å²) in [5.41, 5.74) is 4.09. The average Bonchev–Trinajstić information content (AvgIpc) is 3.37. The van der Waals surface area contributed by atoms with E-state index in [1.165, 1.54) is 23.4 Å². The fourth-order valence-corrected chi connectivity index (χ4v) is 6.14. The van der Waals surface area contributed by atoms with Crippen LogP contribution in [-0.4, -0.2) is 29.7 Å². The third-order valence-corrected chi connectivity index (χ3v) is 8.11. The fourth-order valence-electron chi connectivity index (χ4n) is 3.99. The summed E-state index contributed by atoms with van der Waals surface area (Å²) in [6, 6.07) is 8.59. The van der Waals surface area contributed by atoms with Crippen molar-refractivity contribution in [1.82, 2.24) is 20.1 Å². The lowest BCUT2D eigenvalue weighted by atomic mass is 9.93. The Morgan fingerprint density at radius 3 is 2.97 bits per heavy atom. The SMILES string of the molecule is C[C@H](c1cccc2c1CNCC2)n1cc2cc(S(=O)(=O)Nc3ncc(Cl)s3)c(F)cc2n1. The van der Waals surface area contributed by atoms with Gasteiger partial charge in [-0.25, -0.2) is 17.8 Å². The van der Waals surface area contributed by atoms with Gasteiger partial charge in [-0.15, -0.1) is 0 Å². The molecule has 0 saturated heterocycles. The molecule has 0 amide bonds. The maximum atomic E-state index is 14.8. The Morgan fingerprint density at radius 1 is 1.34 bits per heavy atom. The maximum Gasteiger partial charge on any atom is 0.266 e. The number of halogens is 2. The lowest BCUT2D eigenvalue weighted by Gasteiger charge is -2.23. The maximum absolute atomic E-state index is 14.8. The first kappa shape index (κ1) is 21.3. The van der Waals surface area contributed by atoms with Gasteiger partial charge in [-0.2, -0.15) is 5.10 Å².